The zero-order valence-electron chi connectivity index (χ0n) is 24.6. The summed E-state index contributed by atoms with van der Waals surface area (Å²) >= 11 is 0. The molecule has 1 N–H and O–H groups in total. The fourth-order valence-electron chi connectivity index (χ4n) is 8.48. The lowest BCUT2D eigenvalue weighted by atomic mass is 9.60. The number of aliphatic hydroxyl groups is 1. The van der Waals surface area contributed by atoms with E-state index >= 15 is 0 Å². The molecule has 0 spiro atoms. The maximum absolute atomic E-state index is 13.1. The Kier molecular flexibility index (Phi) is 9.17. The first-order valence-electron chi connectivity index (χ1n) is 14.8. The molecule has 0 aliphatic heterocycles. The average Bonchev–Trinajstić information content (AvgIpc) is 3.33. The molecule has 0 aromatic carbocycles. The van der Waals surface area contributed by atoms with Gasteiger partial charge >= 0.3 is 15.6 Å². The van der Waals surface area contributed by atoms with Gasteiger partial charge in [-0.1, -0.05) is 38.3 Å². The van der Waals surface area contributed by atoms with Gasteiger partial charge in [0.1, 0.15) is 12.6 Å². The fourth-order valence-corrected chi connectivity index (χ4v) is 9.03. The molecule has 0 bridgehead atoms. The first-order valence-corrected chi connectivity index (χ1v) is 16.2. The number of allylic oxidation sites excluding steroid dienone is 3. The van der Waals surface area contributed by atoms with E-state index in [1.807, 2.05) is 0 Å². The molecule has 4 aliphatic carbocycles. The minimum absolute atomic E-state index is 0.00313. The molecule has 4 aliphatic rings. The molecular formula is C30H47F3O6S. The number of hydrogen-bond donors (Lipinski definition) is 1. The van der Waals surface area contributed by atoms with E-state index in [0.29, 0.717) is 37.4 Å². The van der Waals surface area contributed by atoms with Gasteiger partial charge in [0, 0.05) is 18.4 Å². The van der Waals surface area contributed by atoms with E-state index in [2.05, 4.69) is 38.0 Å². The number of rotatable bonds is 13. The Morgan fingerprint density at radius 2 is 1.98 bits per heavy atom. The van der Waals surface area contributed by atoms with Crippen LogP contribution < -0.4 is 0 Å². The first-order chi connectivity index (χ1) is 18.6. The molecule has 230 valence electrons. The summed E-state index contributed by atoms with van der Waals surface area (Å²) in [6.07, 6.45) is 13.0. The van der Waals surface area contributed by atoms with Crippen LogP contribution in [0.3, 0.4) is 0 Å². The van der Waals surface area contributed by atoms with Crippen LogP contribution in [-0.4, -0.2) is 45.1 Å². The number of fused-ring (bicyclic) bond motifs is 2. The van der Waals surface area contributed by atoms with Crippen molar-refractivity contribution >= 4 is 10.1 Å². The Morgan fingerprint density at radius 3 is 2.60 bits per heavy atom. The molecule has 10 heteroatoms. The zero-order chi connectivity index (χ0) is 29.6. The lowest BCUT2D eigenvalue weighted by Crippen LogP contribution is -2.36. The predicted octanol–water partition coefficient (Wildman–Crippen LogP) is 7.10. The van der Waals surface area contributed by atoms with Crippen molar-refractivity contribution in [2.45, 2.75) is 103 Å². The van der Waals surface area contributed by atoms with Gasteiger partial charge in [-0.3, -0.25) is 0 Å². The van der Waals surface area contributed by atoms with E-state index in [1.54, 1.807) is 7.11 Å². The molecule has 0 aromatic heterocycles. The van der Waals surface area contributed by atoms with Crippen molar-refractivity contribution in [2.24, 2.45) is 40.4 Å². The topological polar surface area (TPSA) is 82.1 Å². The van der Waals surface area contributed by atoms with Crippen molar-refractivity contribution < 1.29 is 40.4 Å². The number of hydrogen-bond acceptors (Lipinski definition) is 6. The van der Waals surface area contributed by atoms with Crippen molar-refractivity contribution in [2.75, 3.05) is 20.5 Å². The summed E-state index contributed by atoms with van der Waals surface area (Å²) in [4.78, 5) is 0. The van der Waals surface area contributed by atoms with E-state index in [0.717, 1.165) is 51.4 Å². The van der Waals surface area contributed by atoms with Gasteiger partial charge in [-0.2, -0.15) is 21.6 Å². The standard InChI is InChI=1S/C30H47F3O6S/c1-20(8-6-14-27(2,3)38-19-37-5)24-11-12-25-21(9-7-15-28(24,25)4)16-23(18-34)29-17-22(29)10-13-26(29)39-40(35,36)30(31,32)33/h13,16,20,22-25,34H,6-12,14-15,17-19H2,1-5H3/t20-,22-,23+,24-,25+,28-,29+/m1/s1. The van der Waals surface area contributed by atoms with Gasteiger partial charge in [0.05, 0.1) is 12.2 Å². The molecule has 0 radical (unpaired) electrons. The monoisotopic (exact) mass is 592 g/mol. The highest BCUT2D eigenvalue weighted by Crippen LogP contribution is 2.69. The lowest BCUT2D eigenvalue weighted by molar-refractivity contribution is -0.118. The molecule has 7 atom stereocenters. The predicted molar refractivity (Wildman–Crippen MR) is 146 cm³/mol. The van der Waals surface area contributed by atoms with Gasteiger partial charge in [-0.05, 0) is 100 Å². The summed E-state index contributed by atoms with van der Waals surface area (Å²) in [6.45, 7) is 8.99. The molecule has 4 rings (SSSR count). The number of aliphatic hydroxyl groups excluding tert-OH is 1. The molecule has 0 amide bonds. The molecule has 6 nitrogen and oxygen atoms in total. The maximum Gasteiger partial charge on any atom is 0.534 e. The van der Waals surface area contributed by atoms with E-state index in [1.165, 1.54) is 11.6 Å². The quantitative estimate of drug-likeness (QED) is 0.106. The second-order valence-corrected chi connectivity index (χ2v) is 15.1. The van der Waals surface area contributed by atoms with Crippen LogP contribution in [0.2, 0.25) is 0 Å². The van der Waals surface area contributed by atoms with E-state index in [-0.39, 0.29) is 29.3 Å². The Hall–Kier alpha value is -1.10. The van der Waals surface area contributed by atoms with Crippen LogP contribution in [0.25, 0.3) is 0 Å². The highest BCUT2D eigenvalue weighted by Gasteiger charge is 2.66. The minimum Gasteiger partial charge on any atom is -0.396 e. The van der Waals surface area contributed by atoms with Crippen molar-refractivity contribution in [3.63, 3.8) is 0 Å². The van der Waals surface area contributed by atoms with Crippen molar-refractivity contribution in [3.8, 4) is 0 Å². The molecular weight excluding hydrogens is 545 g/mol. The van der Waals surface area contributed by atoms with Crippen LogP contribution in [0.5, 0.6) is 0 Å². The Balaban J connectivity index is 1.46. The van der Waals surface area contributed by atoms with Crippen molar-refractivity contribution in [1.82, 2.24) is 0 Å². The second-order valence-electron chi connectivity index (χ2n) is 13.5. The fraction of sp³-hybridized carbons (Fsp3) is 0.867. The number of halogens is 3. The van der Waals surface area contributed by atoms with Crippen LogP contribution in [0, 0.1) is 40.4 Å². The molecule has 0 saturated heterocycles. The van der Waals surface area contributed by atoms with Crippen LogP contribution >= 0.6 is 0 Å². The van der Waals surface area contributed by atoms with Gasteiger partial charge in [0.2, 0.25) is 0 Å². The van der Waals surface area contributed by atoms with Gasteiger partial charge < -0.3 is 18.8 Å². The van der Waals surface area contributed by atoms with Crippen molar-refractivity contribution in [1.29, 1.82) is 0 Å². The number of methoxy groups -OCH3 is 1. The largest absolute Gasteiger partial charge is 0.534 e. The molecule has 0 heterocycles. The highest BCUT2D eigenvalue weighted by atomic mass is 32.2. The summed E-state index contributed by atoms with van der Waals surface area (Å²) in [6, 6.07) is 0. The third-order valence-electron chi connectivity index (χ3n) is 10.7. The van der Waals surface area contributed by atoms with E-state index < -0.39 is 27.0 Å². The summed E-state index contributed by atoms with van der Waals surface area (Å²) in [5.41, 5.74) is -5.16. The third-order valence-corrected chi connectivity index (χ3v) is 11.7. The SMILES string of the molecule is COCOC(C)(C)CCC[C@@H](C)[C@H]1CC[C@H]2C(=C[C@@H](CO)[C@]34C[C@H]3CC=C4OS(=O)(=O)C(F)(F)F)CCC[C@]12C. The molecule has 3 fully saturated rings. The minimum atomic E-state index is -5.75. The Labute approximate surface area is 237 Å². The number of ether oxygens (including phenoxy) is 2. The summed E-state index contributed by atoms with van der Waals surface area (Å²) in [5.74, 6) is 0.899. The number of alkyl halides is 3. The maximum atomic E-state index is 13.1. The normalized spacial score (nSPS) is 34.8. The van der Waals surface area contributed by atoms with Crippen molar-refractivity contribution in [3.05, 3.63) is 23.5 Å². The molecule has 0 aromatic rings. The van der Waals surface area contributed by atoms with Gasteiger partial charge in [-0.15, -0.1) is 0 Å². The van der Waals surface area contributed by atoms with Gasteiger partial charge in [-0.25, -0.2) is 0 Å². The summed E-state index contributed by atoms with van der Waals surface area (Å²) in [7, 11) is -4.12. The Morgan fingerprint density at radius 1 is 1.25 bits per heavy atom. The molecule has 3 saturated carbocycles. The van der Waals surface area contributed by atoms with Gasteiger partial charge in [0.25, 0.3) is 0 Å². The summed E-state index contributed by atoms with van der Waals surface area (Å²) in [5, 5.41) is 10.4. The third kappa shape index (κ3) is 6.02. The van der Waals surface area contributed by atoms with Crippen LogP contribution in [0.1, 0.15) is 91.9 Å². The van der Waals surface area contributed by atoms with E-state index in [9.17, 15) is 26.7 Å². The molecule has 40 heavy (non-hydrogen) atoms. The van der Waals surface area contributed by atoms with Gasteiger partial charge in [0.15, 0.2) is 0 Å². The first kappa shape index (κ1) is 31.8. The zero-order valence-corrected chi connectivity index (χ0v) is 25.4. The molecule has 0 unspecified atom stereocenters. The second kappa shape index (κ2) is 11.5. The van der Waals surface area contributed by atoms with Crippen LogP contribution in [0.15, 0.2) is 23.5 Å². The Bertz CT molecular complexity index is 1080. The van der Waals surface area contributed by atoms with E-state index in [4.69, 9.17) is 9.47 Å². The smallest absolute Gasteiger partial charge is 0.396 e. The van der Waals surface area contributed by atoms with Crippen LogP contribution in [0.4, 0.5) is 13.2 Å². The van der Waals surface area contributed by atoms with Crippen LogP contribution in [-0.2, 0) is 23.8 Å². The average molecular weight is 593 g/mol. The highest BCUT2D eigenvalue weighted by molar-refractivity contribution is 7.87. The lowest BCUT2D eigenvalue weighted by Gasteiger charge is -2.45. The summed E-state index contributed by atoms with van der Waals surface area (Å²) < 4.78 is 78.4.